The van der Waals surface area contributed by atoms with Crippen LogP contribution < -0.4 is 16.0 Å². The van der Waals surface area contributed by atoms with Gasteiger partial charge >= 0.3 is 6.18 Å². The molecule has 1 aliphatic heterocycles. The first-order valence-electron chi connectivity index (χ1n) is 11.3. The molecule has 0 fully saturated rings. The van der Waals surface area contributed by atoms with Crippen LogP contribution >= 0.6 is 0 Å². The first kappa shape index (κ1) is 26.0. The summed E-state index contributed by atoms with van der Waals surface area (Å²) in [6, 6.07) is 5.16. The number of fused-ring (bicyclic) bond motifs is 1. The zero-order chi connectivity index (χ0) is 27.1. The lowest BCUT2D eigenvalue weighted by atomic mass is 9.98. The lowest BCUT2D eigenvalue weighted by Crippen LogP contribution is -2.30. The van der Waals surface area contributed by atoms with E-state index >= 15 is 4.39 Å². The Morgan fingerprint density at radius 3 is 2.59 bits per heavy atom. The Labute approximate surface area is 209 Å². The van der Waals surface area contributed by atoms with Crippen molar-refractivity contribution in [1.29, 1.82) is 5.41 Å². The lowest BCUT2D eigenvalue weighted by molar-refractivity contribution is -0.140. The number of carbonyl (C=O) groups excluding carboxylic acids is 1. The number of amides is 1. The molecule has 0 saturated heterocycles. The fourth-order valence-corrected chi connectivity index (χ4v) is 4.23. The molecule has 4 N–H and O–H groups in total. The number of hydrogen-bond donors (Lipinski definition) is 3. The topological polar surface area (TPSA) is 108 Å². The third kappa shape index (κ3) is 5.09. The molecule has 37 heavy (non-hydrogen) atoms. The summed E-state index contributed by atoms with van der Waals surface area (Å²) in [6.07, 6.45) is -3.95. The molecule has 2 heterocycles. The second-order valence-corrected chi connectivity index (χ2v) is 8.87. The van der Waals surface area contributed by atoms with Gasteiger partial charge in [-0.25, -0.2) is 18.7 Å². The number of aromatic nitrogens is 2. The van der Waals surface area contributed by atoms with Gasteiger partial charge in [0, 0.05) is 29.4 Å². The first-order valence-corrected chi connectivity index (χ1v) is 11.3. The Bertz CT molecular complexity index is 1390. The number of alkyl halides is 3. The number of halogens is 5. The van der Waals surface area contributed by atoms with Gasteiger partial charge in [-0.2, -0.15) is 13.2 Å². The van der Waals surface area contributed by atoms with Crippen LogP contribution in [0.4, 0.5) is 39.3 Å². The number of hydrogen-bond acceptors (Lipinski definition) is 6. The largest absolute Gasteiger partial charge is 0.419 e. The van der Waals surface area contributed by atoms with Crippen LogP contribution in [0.2, 0.25) is 0 Å². The van der Waals surface area contributed by atoms with Crippen molar-refractivity contribution in [2.24, 2.45) is 0 Å². The Balaban J connectivity index is 1.62. The molecule has 194 valence electrons. The quantitative estimate of drug-likeness (QED) is 0.323. The third-order valence-electron chi connectivity index (χ3n) is 5.91. The molecule has 3 aromatic rings. The van der Waals surface area contributed by atoms with Gasteiger partial charge in [-0.3, -0.25) is 10.2 Å². The van der Waals surface area contributed by atoms with E-state index in [1.807, 2.05) is 13.8 Å². The van der Waals surface area contributed by atoms with Crippen molar-refractivity contribution in [1.82, 2.24) is 9.97 Å². The molecule has 0 spiro atoms. The average molecular weight is 518 g/mol. The van der Waals surface area contributed by atoms with Gasteiger partial charge in [0.15, 0.2) is 0 Å². The van der Waals surface area contributed by atoms with Gasteiger partial charge in [-0.15, -0.1) is 0 Å². The molecule has 0 unspecified atom stereocenters. The second kappa shape index (κ2) is 9.75. The summed E-state index contributed by atoms with van der Waals surface area (Å²) in [5, 5.41) is 11.7. The maximum Gasteiger partial charge on any atom is 0.419 e. The maximum absolute atomic E-state index is 15.6. The van der Waals surface area contributed by atoms with Gasteiger partial charge in [0.05, 0.1) is 23.3 Å². The van der Waals surface area contributed by atoms with E-state index in [0.717, 1.165) is 6.07 Å². The highest BCUT2D eigenvalue weighted by molar-refractivity contribution is 6.16. The standard InChI is InChI=1S/C25H23F5N6O/c1-12(2)35-24-20(23(32)33-11-34-24)22(31)15-4-6-18-14(21(15)27)7-8-36(18)19(37)10-13-3-5-17(26)16(9-13)25(28,29)30/h3-6,9,11-12,31H,7-8,10H2,1-2H3,(H3,32,33,34,35). The van der Waals surface area contributed by atoms with E-state index in [-0.39, 0.29) is 64.3 Å². The van der Waals surface area contributed by atoms with Crippen molar-refractivity contribution in [3.05, 3.63) is 76.1 Å². The van der Waals surface area contributed by atoms with Crippen LogP contribution in [0.5, 0.6) is 0 Å². The molecule has 0 bridgehead atoms. The molecular formula is C25H23F5N6O. The minimum Gasteiger partial charge on any atom is -0.383 e. The summed E-state index contributed by atoms with van der Waals surface area (Å²) in [6.45, 7) is 3.83. The number of nitrogens with one attached hydrogen (secondary N) is 2. The van der Waals surface area contributed by atoms with Crippen molar-refractivity contribution in [3.8, 4) is 0 Å². The van der Waals surface area contributed by atoms with Crippen LogP contribution in [-0.4, -0.2) is 34.2 Å². The van der Waals surface area contributed by atoms with E-state index in [1.54, 1.807) is 0 Å². The molecule has 0 atom stereocenters. The van der Waals surface area contributed by atoms with Crippen molar-refractivity contribution in [2.75, 3.05) is 22.5 Å². The van der Waals surface area contributed by atoms with Crippen molar-refractivity contribution >= 4 is 28.9 Å². The van der Waals surface area contributed by atoms with Crippen molar-refractivity contribution < 1.29 is 26.7 Å². The van der Waals surface area contributed by atoms with Crippen molar-refractivity contribution in [3.63, 3.8) is 0 Å². The van der Waals surface area contributed by atoms with E-state index in [4.69, 9.17) is 11.1 Å². The number of anilines is 3. The van der Waals surface area contributed by atoms with Crippen molar-refractivity contribution in [2.45, 2.75) is 38.9 Å². The summed E-state index contributed by atoms with van der Waals surface area (Å²) >= 11 is 0. The normalized spacial score (nSPS) is 13.1. The van der Waals surface area contributed by atoms with Gasteiger partial charge in [0.2, 0.25) is 5.91 Å². The Hall–Kier alpha value is -4.09. The highest BCUT2D eigenvalue weighted by Crippen LogP contribution is 2.35. The Morgan fingerprint density at radius 2 is 1.92 bits per heavy atom. The zero-order valence-electron chi connectivity index (χ0n) is 19.9. The number of nitrogens with two attached hydrogens (primary N) is 1. The summed E-state index contributed by atoms with van der Waals surface area (Å²) < 4.78 is 68.3. The number of carbonyl (C=O) groups is 1. The van der Waals surface area contributed by atoms with Crippen LogP contribution in [0.1, 0.15) is 41.7 Å². The molecule has 0 radical (unpaired) electrons. The fourth-order valence-electron chi connectivity index (χ4n) is 4.23. The summed E-state index contributed by atoms with van der Waals surface area (Å²) in [5.41, 5.74) is 4.80. The van der Waals surface area contributed by atoms with E-state index in [1.165, 1.54) is 23.4 Å². The lowest BCUT2D eigenvalue weighted by Gasteiger charge is -2.19. The number of nitrogens with zero attached hydrogens (tertiary/aromatic N) is 3. The van der Waals surface area contributed by atoms with E-state index in [9.17, 15) is 22.4 Å². The smallest absolute Gasteiger partial charge is 0.383 e. The molecular weight excluding hydrogens is 495 g/mol. The highest BCUT2D eigenvalue weighted by atomic mass is 19.4. The average Bonchev–Trinajstić information content (AvgIpc) is 3.24. The SMILES string of the molecule is CC(C)Nc1ncnc(N)c1C(=N)c1ccc2c(c1F)CCN2C(=O)Cc1ccc(F)c(C(F)(F)F)c1. The molecule has 0 aliphatic carbocycles. The Kier molecular flexibility index (Phi) is 6.85. The zero-order valence-corrected chi connectivity index (χ0v) is 19.9. The molecule has 1 aliphatic rings. The number of rotatable bonds is 6. The monoisotopic (exact) mass is 518 g/mol. The van der Waals surface area contributed by atoms with E-state index in [0.29, 0.717) is 12.1 Å². The van der Waals surface area contributed by atoms with Crippen LogP contribution in [0.3, 0.4) is 0 Å². The molecule has 1 aromatic heterocycles. The fraction of sp³-hybridized carbons (Fsp3) is 0.280. The second-order valence-electron chi connectivity index (χ2n) is 8.87. The van der Waals surface area contributed by atoms with Gasteiger partial charge in [0.25, 0.3) is 0 Å². The maximum atomic E-state index is 15.6. The molecule has 12 heteroatoms. The molecule has 4 rings (SSSR count). The van der Waals surface area contributed by atoms with Crippen LogP contribution in [0.15, 0.2) is 36.7 Å². The Morgan fingerprint density at radius 1 is 1.19 bits per heavy atom. The summed E-state index contributed by atoms with van der Waals surface area (Å²) in [4.78, 5) is 22.2. The van der Waals surface area contributed by atoms with Crippen LogP contribution in [0.25, 0.3) is 0 Å². The number of nitrogen functional groups attached to an aromatic ring is 1. The summed E-state index contributed by atoms with van der Waals surface area (Å²) in [5.74, 6) is -2.43. The predicted molar refractivity (Wildman–Crippen MR) is 129 cm³/mol. The number of benzene rings is 2. The molecule has 0 saturated carbocycles. The van der Waals surface area contributed by atoms with E-state index in [2.05, 4.69) is 15.3 Å². The van der Waals surface area contributed by atoms with Crippen LogP contribution in [-0.2, 0) is 23.8 Å². The van der Waals surface area contributed by atoms with Gasteiger partial charge in [-0.05, 0) is 50.1 Å². The van der Waals surface area contributed by atoms with Gasteiger partial charge in [0.1, 0.15) is 29.6 Å². The molecule has 7 nitrogen and oxygen atoms in total. The minimum absolute atomic E-state index is 0.00243. The third-order valence-corrected chi connectivity index (χ3v) is 5.91. The van der Waals surface area contributed by atoms with E-state index < -0.39 is 35.7 Å². The first-order chi connectivity index (χ1) is 17.4. The highest BCUT2D eigenvalue weighted by Gasteiger charge is 2.35. The van der Waals surface area contributed by atoms with Crippen LogP contribution in [0, 0.1) is 17.0 Å². The molecule has 2 aromatic carbocycles. The minimum atomic E-state index is -4.90. The predicted octanol–water partition coefficient (Wildman–Crippen LogP) is 4.72. The van der Waals surface area contributed by atoms with Gasteiger partial charge < -0.3 is 16.0 Å². The van der Waals surface area contributed by atoms with Gasteiger partial charge in [-0.1, -0.05) is 6.07 Å². The molecule has 1 amide bonds. The summed E-state index contributed by atoms with van der Waals surface area (Å²) in [7, 11) is 0.